The monoisotopic (exact) mass is 218 g/mol. The summed E-state index contributed by atoms with van der Waals surface area (Å²) >= 11 is 0. The van der Waals surface area contributed by atoms with Crippen molar-refractivity contribution in [3.8, 4) is 11.8 Å². The summed E-state index contributed by atoms with van der Waals surface area (Å²) in [7, 11) is 3.01. The third kappa shape index (κ3) is 4.16. The number of hydrogen-bond acceptors (Lipinski definition) is 3. The molecule has 0 saturated carbocycles. The molecule has 1 aromatic rings. The first kappa shape index (κ1) is 12.3. The van der Waals surface area contributed by atoms with Gasteiger partial charge in [0.05, 0.1) is 13.7 Å². The Morgan fingerprint density at radius 2 is 1.94 bits per heavy atom. The first-order valence-corrected chi connectivity index (χ1v) is 4.90. The second kappa shape index (κ2) is 6.65. The van der Waals surface area contributed by atoms with Gasteiger partial charge in [0.25, 0.3) is 0 Å². The van der Waals surface area contributed by atoms with Gasteiger partial charge in [-0.3, -0.25) is 4.79 Å². The number of methoxy groups -OCH3 is 2. The number of carbonyl (C=O) groups is 1. The third-order valence-electron chi connectivity index (χ3n) is 1.96. The standard InChI is InChI=1S/C13H14O3/c1-15-10-12-8-6-11(7-9-12)4-3-5-13(14)16-2/h6-9H,5,10H2,1-2H3. The van der Waals surface area contributed by atoms with E-state index in [0.29, 0.717) is 6.61 Å². The summed E-state index contributed by atoms with van der Waals surface area (Å²) in [5, 5.41) is 0. The van der Waals surface area contributed by atoms with E-state index in [4.69, 9.17) is 4.74 Å². The maximum atomic E-state index is 10.8. The van der Waals surface area contributed by atoms with Crippen LogP contribution in [-0.4, -0.2) is 20.2 Å². The first-order valence-electron chi connectivity index (χ1n) is 4.90. The van der Waals surface area contributed by atoms with Crippen LogP contribution in [0.15, 0.2) is 24.3 Å². The minimum Gasteiger partial charge on any atom is -0.468 e. The molecule has 3 nitrogen and oxygen atoms in total. The van der Waals surface area contributed by atoms with Gasteiger partial charge in [0.2, 0.25) is 0 Å². The molecule has 0 atom stereocenters. The number of rotatable bonds is 3. The van der Waals surface area contributed by atoms with Crippen molar-refractivity contribution in [3.63, 3.8) is 0 Å². The van der Waals surface area contributed by atoms with Crippen LogP contribution in [0, 0.1) is 11.8 Å². The van der Waals surface area contributed by atoms with Gasteiger partial charge in [-0.15, -0.1) is 0 Å². The van der Waals surface area contributed by atoms with Gasteiger partial charge in [0, 0.05) is 12.7 Å². The zero-order valence-corrected chi connectivity index (χ0v) is 9.45. The first-order chi connectivity index (χ1) is 7.76. The van der Waals surface area contributed by atoms with Crippen molar-refractivity contribution in [3.05, 3.63) is 35.4 Å². The van der Waals surface area contributed by atoms with E-state index in [-0.39, 0.29) is 12.4 Å². The van der Waals surface area contributed by atoms with E-state index >= 15 is 0 Å². The Kier molecular flexibility index (Phi) is 5.10. The van der Waals surface area contributed by atoms with Crippen LogP contribution >= 0.6 is 0 Å². The Morgan fingerprint density at radius 3 is 2.50 bits per heavy atom. The van der Waals surface area contributed by atoms with Crippen LogP contribution in [0.2, 0.25) is 0 Å². The molecule has 0 amide bonds. The molecule has 16 heavy (non-hydrogen) atoms. The number of carbonyl (C=O) groups excluding carboxylic acids is 1. The van der Waals surface area contributed by atoms with Crippen LogP contribution in [0.4, 0.5) is 0 Å². The summed E-state index contributed by atoms with van der Waals surface area (Å²) in [6, 6.07) is 7.70. The van der Waals surface area contributed by atoms with Crippen molar-refractivity contribution in [1.29, 1.82) is 0 Å². The lowest BCUT2D eigenvalue weighted by molar-refractivity contribution is -0.139. The number of esters is 1. The number of hydrogen-bond donors (Lipinski definition) is 0. The van der Waals surface area contributed by atoms with Gasteiger partial charge in [-0.2, -0.15) is 0 Å². The fraction of sp³-hybridized carbons (Fsp3) is 0.308. The molecule has 1 aromatic carbocycles. The normalized spacial score (nSPS) is 9.12. The molecule has 0 N–H and O–H groups in total. The molecule has 3 heteroatoms. The molecule has 84 valence electrons. The molecular weight excluding hydrogens is 204 g/mol. The van der Waals surface area contributed by atoms with Gasteiger partial charge in [-0.1, -0.05) is 24.0 Å². The summed E-state index contributed by atoms with van der Waals surface area (Å²) in [6.45, 7) is 0.593. The SMILES string of the molecule is COCc1ccc(C#CCC(=O)OC)cc1. The second-order valence-corrected chi connectivity index (χ2v) is 3.18. The van der Waals surface area contributed by atoms with E-state index in [1.807, 2.05) is 24.3 Å². The lowest BCUT2D eigenvalue weighted by Crippen LogP contribution is -1.97. The van der Waals surface area contributed by atoms with Gasteiger partial charge in [-0.05, 0) is 17.7 Å². The Bertz CT molecular complexity index is 395. The summed E-state index contributed by atoms with van der Waals surface area (Å²) in [5.74, 6) is 5.32. The number of ether oxygens (including phenoxy) is 2. The van der Waals surface area contributed by atoms with Gasteiger partial charge < -0.3 is 9.47 Å². The highest BCUT2D eigenvalue weighted by molar-refractivity contribution is 5.72. The summed E-state index contributed by atoms with van der Waals surface area (Å²) < 4.78 is 9.48. The molecule has 0 radical (unpaired) electrons. The maximum Gasteiger partial charge on any atom is 0.317 e. The van der Waals surface area contributed by atoms with Crippen LogP contribution in [-0.2, 0) is 20.9 Å². The molecular formula is C13H14O3. The minimum atomic E-state index is -0.316. The molecule has 0 fully saturated rings. The third-order valence-corrected chi connectivity index (χ3v) is 1.96. The molecule has 0 saturated heterocycles. The summed E-state index contributed by atoms with van der Waals surface area (Å²) in [5.41, 5.74) is 1.98. The van der Waals surface area contributed by atoms with E-state index in [0.717, 1.165) is 11.1 Å². The fourth-order valence-corrected chi connectivity index (χ4v) is 1.14. The highest BCUT2D eigenvalue weighted by atomic mass is 16.5. The van der Waals surface area contributed by atoms with Crippen LogP contribution in [0.5, 0.6) is 0 Å². The van der Waals surface area contributed by atoms with Crippen LogP contribution in [0.25, 0.3) is 0 Å². The Balaban J connectivity index is 2.57. The second-order valence-electron chi connectivity index (χ2n) is 3.18. The van der Waals surface area contributed by atoms with E-state index in [1.54, 1.807) is 7.11 Å². The lowest BCUT2D eigenvalue weighted by Gasteiger charge is -1.98. The van der Waals surface area contributed by atoms with Crippen molar-refractivity contribution in [2.24, 2.45) is 0 Å². The highest BCUT2D eigenvalue weighted by Crippen LogP contribution is 2.04. The molecule has 0 heterocycles. The van der Waals surface area contributed by atoms with Crippen molar-refractivity contribution in [2.75, 3.05) is 14.2 Å². The summed E-state index contributed by atoms with van der Waals surface area (Å²) in [6.07, 6.45) is 0.121. The van der Waals surface area contributed by atoms with Crippen molar-refractivity contribution < 1.29 is 14.3 Å². The maximum absolute atomic E-state index is 10.8. The highest BCUT2D eigenvalue weighted by Gasteiger charge is 1.94. The molecule has 0 spiro atoms. The van der Waals surface area contributed by atoms with Crippen LogP contribution in [0.1, 0.15) is 17.5 Å². The van der Waals surface area contributed by atoms with Crippen molar-refractivity contribution >= 4 is 5.97 Å². The average Bonchev–Trinajstić information content (AvgIpc) is 2.31. The van der Waals surface area contributed by atoms with E-state index < -0.39 is 0 Å². The summed E-state index contributed by atoms with van der Waals surface area (Å²) in [4.78, 5) is 10.8. The minimum absolute atomic E-state index is 0.121. The lowest BCUT2D eigenvalue weighted by atomic mass is 10.1. The van der Waals surface area contributed by atoms with Crippen LogP contribution < -0.4 is 0 Å². The predicted molar refractivity (Wildman–Crippen MR) is 60.7 cm³/mol. The Morgan fingerprint density at radius 1 is 1.25 bits per heavy atom. The van der Waals surface area contributed by atoms with E-state index in [1.165, 1.54) is 7.11 Å². The Labute approximate surface area is 95.4 Å². The Hall–Kier alpha value is -1.79. The van der Waals surface area contributed by atoms with Gasteiger partial charge >= 0.3 is 5.97 Å². The van der Waals surface area contributed by atoms with Gasteiger partial charge in [-0.25, -0.2) is 0 Å². The van der Waals surface area contributed by atoms with Gasteiger partial charge in [0.15, 0.2) is 0 Å². The molecule has 0 aromatic heterocycles. The molecule has 0 aliphatic carbocycles. The zero-order chi connectivity index (χ0) is 11.8. The van der Waals surface area contributed by atoms with E-state index in [9.17, 15) is 4.79 Å². The molecule has 0 aliphatic heterocycles. The van der Waals surface area contributed by atoms with E-state index in [2.05, 4.69) is 16.6 Å². The molecule has 0 unspecified atom stereocenters. The van der Waals surface area contributed by atoms with Crippen molar-refractivity contribution in [1.82, 2.24) is 0 Å². The molecule has 0 aliphatic rings. The quantitative estimate of drug-likeness (QED) is 0.572. The van der Waals surface area contributed by atoms with Crippen molar-refractivity contribution in [2.45, 2.75) is 13.0 Å². The zero-order valence-electron chi connectivity index (χ0n) is 9.45. The largest absolute Gasteiger partial charge is 0.468 e. The van der Waals surface area contributed by atoms with Crippen LogP contribution in [0.3, 0.4) is 0 Å². The topological polar surface area (TPSA) is 35.5 Å². The smallest absolute Gasteiger partial charge is 0.317 e. The van der Waals surface area contributed by atoms with Gasteiger partial charge in [0.1, 0.15) is 6.42 Å². The number of benzene rings is 1. The molecule has 1 rings (SSSR count). The fourth-order valence-electron chi connectivity index (χ4n) is 1.14. The average molecular weight is 218 g/mol. The molecule has 0 bridgehead atoms. The predicted octanol–water partition coefficient (Wildman–Crippen LogP) is 1.75.